The third kappa shape index (κ3) is 3.82. The van der Waals surface area contributed by atoms with Crippen LogP contribution in [0.2, 0.25) is 0 Å². The summed E-state index contributed by atoms with van der Waals surface area (Å²) in [6.07, 6.45) is 2.56. The van der Waals surface area contributed by atoms with Crippen LogP contribution in [0.25, 0.3) is 0 Å². The average Bonchev–Trinajstić information content (AvgIpc) is 2.58. The molecule has 8 heteroatoms. The lowest BCUT2D eigenvalue weighted by Crippen LogP contribution is -2.12. The van der Waals surface area contributed by atoms with Gasteiger partial charge in [-0.25, -0.2) is 18.5 Å². The first-order chi connectivity index (χ1) is 7.84. The molecule has 0 aliphatic carbocycles. The number of hydrogen-bond donors (Lipinski definition) is 2. The van der Waals surface area contributed by atoms with E-state index in [-0.39, 0.29) is 18.0 Å². The molecule has 0 radical (unpaired) electrons. The van der Waals surface area contributed by atoms with E-state index < -0.39 is 16.0 Å². The lowest BCUT2D eigenvalue weighted by atomic mass is 10.3. The van der Waals surface area contributed by atoms with E-state index in [0.29, 0.717) is 12.2 Å². The number of aliphatic carboxylic acids is 1. The number of carboxylic acid groups (broad SMARTS) is 1. The Kier molecular flexibility index (Phi) is 4.24. The second kappa shape index (κ2) is 5.28. The van der Waals surface area contributed by atoms with Crippen molar-refractivity contribution in [3.8, 4) is 0 Å². The van der Waals surface area contributed by atoms with Gasteiger partial charge in [-0.3, -0.25) is 4.79 Å². The van der Waals surface area contributed by atoms with Crippen LogP contribution in [-0.4, -0.2) is 29.0 Å². The van der Waals surface area contributed by atoms with Gasteiger partial charge in [-0.05, 0) is 6.42 Å². The molecule has 0 spiro atoms. The van der Waals surface area contributed by atoms with E-state index in [0.717, 1.165) is 6.42 Å². The molecule has 1 aromatic heterocycles. The third-order valence-corrected chi connectivity index (χ3v) is 2.95. The summed E-state index contributed by atoms with van der Waals surface area (Å²) in [6, 6.07) is 0. The zero-order chi connectivity index (χ0) is 13.1. The third-order valence-electron chi connectivity index (χ3n) is 2.17. The number of carboxylic acids is 1. The first-order valence-corrected chi connectivity index (χ1v) is 6.70. The van der Waals surface area contributed by atoms with E-state index in [1.807, 2.05) is 6.92 Å². The molecule has 7 nitrogen and oxygen atoms in total. The number of aromatic nitrogens is 2. The molecule has 0 amide bonds. The number of imidazole rings is 1. The topological polar surface area (TPSA) is 115 Å². The van der Waals surface area contributed by atoms with E-state index in [1.165, 1.54) is 10.8 Å². The Morgan fingerprint density at radius 2 is 2.24 bits per heavy atom. The van der Waals surface area contributed by atoms with Crippen LogP contribution in [0.1, 0.15) is 25.6 Å². The Hall–Kier alpha value is -1.41. The quantitative estimate of drug-likeness (QED) is 0.745. The van der Waals surface area contributed by atoms with Gasteiger partial charge in [0.1, 0.15) is 5.82 Å². The highest BCUT2D eigenvalue weighted by Gasteiger charge is 2.16. The van der Waals surface area contributed by atoms with Crippen LogP contribution in [0.15, 0.2) is 11.2 Å². The van der Waals surface area contributed by atoms with Gasteiger partial charge in [-0.2, -0.15) is 0 Å². The second-order valence-corrected chi connectivity index (χ2v) is 5.14. The number of carbonyl (C=O) groups is 1. The Labute approximate surface area is 99.3 Å². The fourth-order valence-corrected chi connectivity index (χ4v) is 1.90. The van der Waals surface area contributed by atoms with Crippen LogP contribution < -0.4 is 5.14 Å². The van der Waals surface area contributed by atoms with Gasteiger partial charge in [-0.15, -0.1) is 0 Å². The summed E-state index contributed by atoms with van der Waals surface area (Å²) in [6.45, 7) is 2.11. The molecule has 0 atom stereocenters. The number of aryl methyl sites for hydroxylation is 2. The molecule has 0 aliphatic rings. The van der Waals surface area contributed by atoms with Crippen molar-refractivity contribution in [1.29, 1.82) is 0 Å². The molecule has 17 heavy (non-hydrogen) atoms. The summed E-state index contributed by atoms with van der Waals surface area (Å²) in [5.74, 6) is -0.406. The first-order valence-electron chi connectivity index (χ1n) is 5.15. The molecule has 0 saturated heterocycles. The monoisotopic (exact) mass is 261 g/mol. The minimum atomic E-state index is -3.84. The van der Waals surface area contributed by atoms with Crippen molar-refractivity contribution in [2.24, 2.45) is 5.14 Å². The van der Waals surface area contributed by atoms with E-state index in [1.54, 1.807) is 0 Å². The molecule has 0 aliphatic heterocycles. The summed E-state index contributed by atoms with van der Waals surface area (Å²) >= 11 is 0. The number of rotatable bonds is 6. The predicted molar refractivity (Wildman–Crippen MR) is 59.8 cm³/mol. The smallest absolute Gasteiger partial charge is 0.305 e. The summed E-state index contributed by atoms with van der Waals surface area (Å²) in [7, 11) is -3.84. The van der Waals surface area contributed by atoms with Crippen molar-refractivity contribution in [3.63, 3.8) is 0 Å². The van der Waals surface area contributed by atoms with Gasteiger partial charge in [-0.1, -0.05) is 6.92 Å². The lowest BCUT2D eigenvalue weighted by molar-refractivity contribution is -0.137. The van der Waals surface area contributed by atoms with Crippen molar-refractivity contribution in [2.75, 3.05) is 0 Å². The van der Waals surface area contributed by atoms with Crippen LogP contribution in [0.5, 0.6) is 0 Å². The minimum Gasteiger partial charge on any atom is -0.481 e. The van der Waals surface area contributed by atoms with Crippen LogP contribution in [0.4, 0.5) is 0 Å². The van der Waals surface area contributed by atoms with Gasteiger partial charge in [0.25, 0.3) is 10.0 Å². The van der Waals surface area contributed by atoms with Crippen LogP contribution in [0, 0.1) is 0 Å². The zero-order valence-corrected chi connectivity index (χ0v) is 10.3. The Balaban J connectivity index is 3.01. The lowest BCUT2D eigenvalue weighted by Gasteiger charge is -2.03. The van der Waals surface area contributed by atoms with Crippen LogP contribution in [0.3, 0.4) is 0 Å². The van der Waals surface area contributed by atoms with Gasteiger partial charge < -0.3 is 9.67 Å². The molecule has 1 heterocycles. The van der Waals surface area contributed by atoms with Crippen molar-refractivity contribution in [3.05, 3.63) is 12.0 Å². The van der Waals surface area contributed by atoms with Gasteiger partial charge in [0, 0.05) is 19.2 Å². The van der Waals surface area contributed by atoms with E-state index in [9.17, 15) is 13.2 Å². The highest BCUT2D eigenvalue weighted by atomic mass is 32.2. The fraction of sp³-hybridized carbons (Fsp3) is 0.556. The molecule has 0 saturated carbocycles. The summed E-state index contributed by atoms with van der Waals surface area (Å²) in [5, 5.41) is 13.3. The Morgan fingerprint density at radius 3 is 2.71 bits per heavy atom. The first kappa shape index (κ1) is 13.7. The average molecular weight is 261 g/mol. The molecule has 1 aromatic rings. The van der Waals surface area contributed by atoms with Gasteiger partial charge in [0.05, 0.1) is 6.42 Å². The molecule has 0 fully saturated rings. The summed E-state index contributed by atoms with van der Waals surface area (Å²) in [5.41, 5.74) is 0. The predicted octanol–water partition coefficient (Wildman–Crippen LogP) is -0.0423. The minimum absolute atomic E-state index is 0.0862. The number of sulfonamides is 1. The second-order valence-electron chi connectivity index (χ2n) is 3.63. The van der Waals surface area contributed by atoms with E-state index in [2.05, 4.69) is 4.98 Å². The highest BCUT2D eigenvalue weighted by molar-refractivity contribution is 7.89. The Morgan fingerprint density at radius 1 is 1.59 bits per heavy atom. The maximum Gasteiger partial charge on any atom is 0.305 e. The molecule has 0 aromatic carbocycles. The molecule has 3 N–H and O–H groups in total. The van der Waals surface area contributed by atoms with Gasteiger partial charge in [0.2, 0.25) is 0 Å². The maximum absolute atomic E-state index is 11.1. The van der Waals surface area contributed by atoms with Gasteiger partial charge >= 0.3 is 5.97 Å². The van der Waals surface area contributed by atoms with Crippen LogP contribution >= 0.6 is 0 Å². The normalized spacial score (nSPS) is 11.6. The number of nitrogens with zero attached hydrogens (tertiary/aromatic N) is 2. The highest BCUT2D eigenvalue weighted by Crippen LogP contribution is 2.10. The van der Waals surface area contributed by atoms with Crippen molar-refractivity contribution in [2.45, 2.75) is 37.8 Å². The SMILES string of the molecule is CCCc1nc(S(N)(=O)=O)cn1CCC(=O)O. The Bertz CT molecular complexity index is 506. The standard InChI is InChI=1S/C9H15N3O4S/c1-2-3-7-11-8(17(10,15)16)6-12(7)5-4-9(13)14/h6H,2-5H2,1H3,(H,13,14)(H2,10,15,16). The van der Waals surface area contributed by atoms with Crippen molar-refractivity contribution in [1.82, 2.24) is 9.55 Å². The zero-order valence-electron chi connectivity index (χ0n) is 9.46. The molecule has 96 valence electrons. The van der Waals surface area contributed by atoms with Gasteiger partial charge in [0.15, 0.2) is 5.03 Å². The van der Waals surface area contributed by atoms with Crippen molar-refractivity contribution < 1.29 is 18.3 Å². The number of nitrogens with two attached hydrogens (primary N) is 1. The summed E-state index contributed by atoms with van der Waals surface area (Å²) < 4.78 is 23.8. The fourth-order valence-electron chi connectivity index (χ4n) is 1.40. The number of primary sulfonamides is 1. The molecular weight excluding hydrogens is 246 g/mol. The number of hydrogen-bond acceptors (Lipinski definition) is 4. The van der Waals surface area contributed by atoms with E-state index in [4.69, 9.17) is 10.2 Å². The molecule has 0 unspecified atom stereocenters. The molecule has 1 rings (SSSR count). The van der Waals surface area contributed by atoms with E-state index >= 15 is 0 Å². The summed E-state index contributed by atoms with van der Waals surface area (Å²) in [4.78, 5) is 14.4. The molecule has 0 bridgehead atoms. The maximum atomic E-state index is 11.1. The molecular formula is C9H15N3O4S. The van der Waals surface area contributed by atoms with Crippen molar-refractivity contribution >= 4 is 16.0 Å². The van der Waals surface area contributed by atoms with Crippen LogP contribution in [-0.2, 0) is 27.8 Å². The largest absolute Gasteiger partial charge is 0.481 e.